The second kappa shape index (κ2) is 12.8. The average Bonchev–Trinajstić information content (AvgIpc) is 3.32. The summed E-state index contributed by atoms with van der Waals surface area (Å²) in [7, 11) is 3.15. The number of rotatable bonds is 12. The van der Waals surface area contributed by atoms with Crippen LogP contribution in [0.1, 0.15) is 18.3 Å². The SMILES string of the molecule is C=CCn1c(CNc2cccc3ccccc23)nnc1S[C@@H](C)C(=O)NN=Cc1ccc(OC)cc1OC. The minimum Gasteiger partial charge on any atom is -0.497 e. The lowest BCUT2D eigenvalue weighted by molar-refractivity contribution is -0.120. The lowest BCUT2D eigenvalue weighted by Crippen LogP contribution is -2.27. The van der Waals surface area contributed by atoms with Gasteiger partial charge in [-0.1, -0.05) is 54.2 Å². The van der Waals surface area contributed by atoms with Crippen LogP contribution in [0.5, 0.6) is 11.5 Å². The summed E-state index contributed by atoms with van der Waals surface area (Å²) in [5.41, 5.74) is 4.32. The average molecular weight is 531 g/mol. The zero-order valence-electron chi connectivity index (χ0n) is 21.5. The third-order valence-corrected chi connectivity index (χ3v) is 6.88. The molecule has 1 aromatic heterocycles. The highest BCUT2D eigenvalue weighted by atomic mass is 32.2. The second-order valence-electron chi connectivity index (χ2n) is 8.28. The van der Waals surface area contributed by atoms with Crippen LogP contribution in [0.3, 0.4) is 0 Å². The number of fused-ring (bicyclic) bond motifs is 1. The Labute approximate surface area is 225 Å². The Hall–Kier alpha value is -4.31. The quantitative estimate of drug-likeness (QED) is 0.117. The van der Waals surface area contributed by atoms with Crippen molar-refractivity contribution in [2.45, 2.75) is 30.4 Å². The van der Waals surface area contributed by atoms with Gasteiger partial charge in [0.1, 0.15) is 11.5 Å². The van der Waals surface area contributed by atoms with Crippen molar-refractivity contribution < 1.29 is 14.3 Å². The van der Waals surface area contributed by atoms with E-state index in [1.165, 1.54) is 18.0 Å². The molecule has 1 atom stereocenters. The van der Waals surface area contributed by atoms with Gasteiger partial charge in [-0.05, 0) is 30.5 Å². The summed E-state index contributed by atoms with van der Waals surface area (Å²) in [6.07, 6.45) is 3.32. The minimum atomic E-state index is -0.462. The van der Waals surface area contributed by atoms with Gasteiger partial charge in [0.15, 0.2) is 11.0 Å². The summed E-state index contributed by atoms with van der Waals surface area (Å²) in [6.45, 7) is 6.65. The monoisotopic (exact) mass is 530 g/mol. The van der Waals surface area contributed by atoms with E-state index in [1.54, 1.807) is 45.4 Å². The molecule has 0 saturated heterocycles. The van der Waals surface area contributed by atoms with Crippen LogP contribution in [0.15, 0.2) is 83.6 Å². The molecule has 196 valence electrons. The summed E-state index contributed by atoms with van der Waals surface area (Å²) in [5, 5.41) is 18.7. The maximum absolute atomic E-state index is 12.7. The normalized spacial score (nSPS) is 11.9. The van der Waals surface area contributed by atoms with Crippen LogP contribution < -0.4 is 20.2 Å². The fourth-order valence-corrected chi connectivity index (χ4v) is 4.67. The van der Waals surface area contributed by atoms with E-state index in [0.29, 0.717) is 35.3 Å². The lowest BCUT2D eigenvalue weighted by Gasteiger charge is -2.13. The zero-order chi connectivity index (χ0) is 26.9. The lowest BCUT2D eigenvalue weighted by atomic mass is 10.1. The largest absolute Gasteiger partial charge is 0.497 e. The van der Waals surface area contributed by atoms with Crippen LogP contribution in [0.2, 0.25) is 0 Å². The number of carbonyl (C=O) groups excluding carboxylic acids is 1. The molecule has 4 aromatic rings. The first-order chi connectivity index (χ1) is 18.5. The van der Waals surface area contributed by atoms with Crippen molar-refractivity contribution >= 4 is 40.3 Å². The minimum absolute atomic E-state index is 0.262. The molecule has 0 aliphatic carbocycles. The number of nitrogens with zero attached hydrogens (tertiary/aromatic N) is 4. The van der Waals surface area contributed by atoms with Crippen LogP contribution in [0, 0.1) is 0 Å². The molecule has 10 heteroatoms. The summed E-state index contributed by atoms with van der Waals surface area (Å²) in [6, 6.07) is 19.7. The maximum atomic E-state index is 12.7. The summed E-state index contributed by atoms with van der Waals surface area (Å²) in [4.78, 5) is 12.7. The van der Waals surface area contributed by atoms with Gasteiger partial charge in [0.2, 0.25) is 0 Å². The third-order valence-electron chi connectivity index (χ3n) is 5.80. The molecule has 0 saturated carbocycles. The smallest absolute Gasteiger partial charge is 0.253 e. The highest BCUT2D eigenvalue weighted by Crippen LogP contribution is 2.26. The molecule has 0 fully saturated rings. The molecule has 9 nitrogen and oxygen atoms in total. The van der Waals surface area contributed by atoms with E-state index < -0.39 is 5.25 Å². The summed E-state index contributed by atoms with van der Waals surface area (Å²) >= 11 is 1.31. The number of allylic oxidation sites excluding steroid dienone is 1. The van der Waals surface area contributed by atoms with Crippen molar-refractivity contribution in [2.75, 3.05) is 19.5 Å². The molecule has 0 aliphatic rings. The van der Waals surface area contributed by atoms with E-state index >= 15 is 0 Å². The molecule has 2 N–H and O–H groups in total. The molecule has 0 bridgehead atoms. The van der Waals surface area contributed by atoms with Gasteiger partial charge in [0.25, 0.3) is 5.91 Å². The third kappa shape index (κ3) is 6.33. The highest BCUT2D eigenvalue weighted by Gasteiger charge is 2.20. The Bertz CT molecular complexity index is 1450. The van der Waals surface area contributed by atoms with Gasteiger partial charge in [-0.2, -0.15) is 5.10 Å². The zero-order valence-corrected chi connectivity index (χ0v) is 22.4. The first-order valence-electron chi connectivity index (χ1n) is 12.0. The van der Waals surface area contributed by atoms with E-state index in [4.69, 9.17) is 9.47 Å². The van der Waals surface area contributed by atoms with Crippen molar-refractivity contribution in [1.82, 2.24) is 20.2 Å². The maximum Gasteiger partial charge on any atom is 0.253 e. The van der Waals surface area contributed by atoms with Crippen molar-refractivity contribution in [3.05, 3.63) is 84.7 Å². The predicted octanol–water partition coefficient (Wildman–Crippen LogP) is 4.88. The number of methoxy groups -OCH3 is 2. The molecule has 0 spiro atoms. The predicted molar refractivity (Wildman–Crippen MR) is 152 cm³/mol. The number of carbonyl (C=O) groups is 1. The highest BCUT2D eigenvalue weighted by molar-refractivity contribution is 8.00. The number of benzene rings is 3. The summed E-state index contributed by atoms with van der Waals surface area (Å²) < 4.78 is 12.5. The molecule has 4 rings (SSSR count). The fraction of sp³-hybridized carbons (Fsp3) is 0.214. The molecule has 0 unspecified atom stereocenters. The van der Waals surface area contributed by atoms with E-state index in [9.17, 15) is 4.79 Å². The van der Waals surface area contributed by atoms with Crippen LogP contribution >= 0.6 is 11.8 Å². The van der Waals surface area contributed by atoms with Gasteiger partial charge in [-0.3, -0.25) is 4.79 Å². The van der Waals surface area contributed by atoms with Gasteiger partial charge in [0.05, 0.1) is 32.2 Å². The van der Waals surface area contributed by atoms with E-state index in [-0.39, 0.29) is 5.91 Å². The summed E-state index contributed by atoms with van der Waals surface area (Å²) in [5.74, 6) is 1.75. The number of hydrogen-bond acceptors (Lipinski definition) is 8. The molecule has 1 heterocycles. The van der Waals surface area contributed by atoms with Crippen molar-refractivity contribution in [1.29, 1.82) is 0 Å². The van der Waals surface area contributed by atoms with Crippen LogP contribution in [-0.2, 0) is 17.9 Å². The van der Waals surface area contributed by atoms with Crippen LogP contribution in [0.4, 0.5) is 5.69 Å². The second-order valence-corrected chi connectivity index (χ2v) is 9.59. The van der Waals surface area contributed by atoms with Gasteiger partial charge < -0.3 is 19.4 Å². The number of hydrazone groups is 1. The van der Waals surface area contributed by atoms with Gasteiger partial charge in [-0.25, -0.2) is 5.43 Å². The van der Waals surface area contributed by atoms with Gasteiger partial charge >= 0.3 is 0 Å². The van der Waals surface area contributed by atoms with E-state index in [0.717, 1.165) is 22.3 Å². The Morgan fingerprint density at radius 2 is 1.95 bits per heavy atom. The van der Waals surface area contributed by atoms with E-state index in [1.807, 2.05) is 28.8 Å². The van der Waals surface area contributed by atoms with Crippen LogP contribution in [-0.4, -0.2) is 46.4 Å². The first kappa shape index (κ1) is 26.7. The van der Waals surface area contributed by atoms with Gasteiger partial charge in [-0.15, -0.1) is 16.8 Å². The molecular formula is C28H30N6O3S. The number of hydrogen-bond donors (Lipinski definition) is 2. The Morgan fingerprint density at radius 1 is 1.13 bits per heavy atom. The van der Waals surface area contributed by atoms with Crippen molar-refractivity contribution in [3.8, 4) is 11.5 Å². The van der Waals surface area contributed by atoms with E-state index in [2.05, 4.69) is 50.8 Å². The van der Waals surface area contributed by atoms with Crippen molar-refractivity contribution in [2.24, 2.45) is 5.10 Å². The van der Waals surface area contributed by atoms with Crippen molar-refractivity contribution in [3.63, 3.8) is 0 Å². The Morgan fingerprint density at radius 3 is 2.74 bits per heavy atom. The molecule has 0 radical (unpaired) electrons. The number of nitrogens with one attached hydrogen (secondary N) is 2. The molecule has 1 amide bonds. The first-order valence-corrected chi connectivity index (χ1v) is 12.9. The Balaban J connectivity index is 1.40. The van der Waals surface area contributed by atoms with Crippen LogP contribution in [0.25, 0.3) is 10.8 Å². The number of ether oxygens (including phenoxy) is 2. The number of anilines is 1. The fourth-order valence-electron chi connectivity index (χ4n) is 3.80. The van der Waals surface area contributed by atoms with Gasteiger partial charge in [0, 0.05) is 29.2 Å². The topological polar surface area (TPSA) is 103 Å². The molecular weight excluding hydrogens is 500 g/mol. The molecule has 38 heavy (non-hydrogen) atoms. The number of aromatic nitrogens is 3. The molecule has 3 aromatic carbocycles. The number of amides is 1. The standard InChI is InChI=1S/C28H30N6O3S/c1-5-15-34-26(18-29-24-12-8-10-20-9-6-7-11-23(20)24)31-33-28(34)38-19(2)27(35)32-30-17-21-13-14-22(36-3)16-25(21)37-4/h5-14,16-17,19,29H,1,15,18H2,2-4H3,(H,32,35)/t19-/m0/s1. The molecule has 0 aliphatic heterocycles. The Kier molecular flexibility index (Phi) is 8.99. The number of thioether (sulfide) groups is 1.